The molecule has 0 aliphatic heterocycles. The van der Waals surface area contributed by atoms with Crippen LogP contribution in [0.3, 0.4) is 0 Å². The van der Waals surface area contributed by atoms with Gasteiger partial charge in [0.15, 0.2) is 0 Å². The lowest BCUT2D eigenvalue weighted by Crippen LogP contribution is -2.40. The lowest BCUT2D eigenvalue weighted by atomic mass is 10.2. The Bertz CT molecular complexity index is 448. The molecule has 0 aromatic carbocycles. The summed E-state index contributed by atoms with van der Waals surface area (Å²) in [6.07, 6.45) is -1.44. The van der Waals surface area contributed by atoms with E-state index in [1.165, 1.54) is 12.1 Å². The molecule has 0 fully saturated rings. The number of amides is 2. The van der Waals surface area contributed by atoms with Crippen molar-refractivity contribution in [2.24, 2.45) is 5.73 Å². The standard InChI is InChI=1S/C11H15N3O5/c12-10(18)6-1-2-7(13-3-6)11(19)14-4-8(16)9(17)5-15/h1-3,8-9,15-17H,4-5H2,(H2,12,18)(H,14,19). The van der Waals surface area contributed by atoms with E-state index < -0.39 is 30.6 Å². The van der Waals surface area contributed by atoms with Gasteiger partial charge in [-0.1, -0.05) is 0 Å². The maximum atomic E-state index is 11.6. The van der Waals surface area contributed by atoms with Gasteiger partial charge in [0.1, 0.15) is 11.8 Å². The number of nitrogens with two attached hydrogens (primary N) is 1. The molecule has 0 bridgehead atoms. The Hall–Kier alpha value is -2.03. The third-order valence-electron chi connectivity index (χ3n) is 2.38. The van der Waals surface area contributed by atoms with Crippen LogP contribution < -0.4 is 11.1 Å². The fraction of sp³-hybridized carbons (Fsp3) is 0.364. The molecule has 6 N–H and O–H groups in total. The van der Waals surface area contributed by atoms with E-state index in [2.05, 4.69) is 10.3 Å². The third kappa shape index (κ3) is 4.28. The van der Waals surface area contributed by atoms with Gasteiger partial charge in [0, 0.05) is 12.7 Å². The Morgan fingerprint density at radius 3 is 2.47 bits per heavy atom. The highest BCUT2D eigenvalue weighted by molar-refractivity contribution is 5.95. The number of pyridine rings is 1. The Morgan fingerprint density at radius 2 is 2.00 bits per heavy atom. The van der Waals surface area contributed by atoms with Crippen molar-refractivity contribution in [3.05, 3.63) is 29.6 Å². The predicted octanol–water partition coefficient (Wildman–Crippen LogP) is -2.38. The summed E-state index contributed by atoms with van der Waals surface area (Å²) < 4.78 is 0. The van der Waals surface area contributed by atoms with Gasteiger partial charge in [0.05, 0.1) is 18.3 Å². The number of aliphatic hydroxyl groups excluding tert-OH is 3. The molecule has 1 aromatic heterocycles. The number of aliphatic hydroxyl groups is 3. The summed E-state index contributed by atoms with van der Waals surface area (Å²) in [5.41, 5.74) is 5.23. The highest BCUT2D eigenvalue weighted by Gasteiger charge is 2.17. The molecule has 1 rings (SSSR count). The maximum absolute atomic E-state index is 11.6. The van der Waals surface area contributed by atoms with Gasteiger partial charge in [-0.2, -0.15) is 0 Å². The van der Waals surface area contributed by atoms with Crippen molar-refractivity contribution in [3.8, 4) is 0 Å². The van der Waals surface area contributed by atoms with Crippen molar-refractivity contribution in [1.29, 1.82) is 0 Å². The quantitative estimate of drug-likeness (QED) is 0.390. The van der Waals surface area contributed by atoms with Gasteiger partial charge >= 0.3 is 0 Å². The van der Waals surface area contributed by atoms with Gasteiger partial charge in [-0.15, -0.1) is 0 Å². The SMILES string of the molecule is NC(=O)c1ccc(C(=O)NCC(O)C(O)CO)nc1. The van der Waals surface area contributed by atoms with E-state index in [4.69, 9.17) is 15.9 Å². The van der Waals surface area contributed by atoms with Gasteiger partial charge in [0.2, 0.25) is 5.91 Å². The van der Waals surface area contributed by atoms with Gasteiger partial charge in [-0.25, -0.2) is 0 Å². The Morgan fingerprint density at radius 1 is 1.32 bits per heavy atom. The molecule has 0 aliphatic carbocycles. The third-order valence-corrected chi connectivity index (χ3v) is 2.38. The monoisotopic (exact) mass is 269 g/mol. The van der Waals surface area contributed by atoms with E-state index in [0.29, 0.717) is 0 Å². The fourth-order valence-corrected chi connectivity index (χ4v) is 1.22. The molecule has 19 heavy (non-hydrogen) atoms. The molecule has 1 aromatic rings. The first-order valence-corrected chi connectivity index (χ1v) is 5.46. The molecule has 2 amide bonds. The van der Waals surface area contributed by atoms with E-state index in [9.17, 15) is 14.7 Å². The number of carbonyl (C=O) groups excluding carboxylic acids is 2. The van der Waals surface area contributed by atoms with E-state index >= 15 is 0 Å². The molecular formula is C11H15N3O5. The van der Waals surface area contributed by atoms with Crippen molar-refractivity contribution < 1.29 is 24.9 Å². The molecule has 0 aliphatic rings. The highest BCUT2D eigenvalue weighted by Crippen LogP contribution is 2.00. The molecule has 0 spiro atoms. The van der Waals surface area contributed by atoms with Crippen LogP contribution in [0.2, 0.25) is 0 Å². The molecule has 104 valence electrons. The molecule has 2 atom stereocenters. The van der Waals surface area contributed by atoms with Gasteiger partial charge in [0.25, 0.3) is 5.91 Å². The first-order valence-electron chi connectivity index (χ1n) is 5.46. The van der Waals surface area contributed by atoms with Crippen LogP contribution in [0.4, 0.5) is 0 Å². The van der Waals surface area contributed by atoms with Crippen LogP contribution in [0.5, 0.6) is 0 Å². The largest absolute Gasteiger partial charge is 0.394 e. The second-order valence-corrected chi connectivity index (χ2v) is 3.82. The lowest BCUT2D eigenvalue weighted by Gasteiger charge is -2.15. The number of carbonyl (C=O) groups is 2. The number of hydrogen-bond acceptors (Lipinski definition) is 6. The first kappa shape index (κ1) is 15.0. The minimum Gasteiger partial charge on any atom is -0.394 e. The van der Waals surface area contributed by atoms with Crippen molar-refractivity contribution >= 4 is 11.8 Å². The van der Waals surface area contributed by atoms with E-state index in [-0.39, 0.29) is 17.8 Å². The normalized spacial score (nSPS) is 13.6. The van der Waals surface area contributed by atoms with E-state index in [1.54, 1.807) is 0 Å². The predicted molar refractivity (Wildman–Crippen MR) is 64.2 cm³/mol. The molecule has 2 unspecified atom stereocenters. The van der Waals surface area contributed by atoms with E-state index in [1.807, 2.05) is 0 Å². The Kier molecular flexibility index (Phi) is 5.37. The van der Waals surface area contributed by atoms with Crippen molar-refractivity contribution in [3.63, 3.8) is 0 Å². The molecule has 0 saturated carbocycles. The number of hydrogen-bond donors (Lipinski definition) is 5. The number of primary amides is 1. The van der Waals surface area contributed by atoms with Gasteiger partial charge in [-0.3, -0.25) is 14.6 Å². The Balaban J connectivity index is 2.56. The molecular weight excluding hydrogens is 254 g/mol. The molecule has 1 heterocycles. The van der Waals surface area contributed by atoms with Crippen LogP contribution in [0.25, 0.3) is 0 Å². The number of aromatic nitrogens is 1. The topological polar surface area (TPSA) is 146 Å². The van der Waals surface area contributed by atoms with Crippen LogP contribution in [-0.4, -0.2) is 57.5 Å². The first-order chi connectivity index (χ1) is 8.95. The fourth-order valence-electron chi connectivity index (χ4n) is 1.22. The van der Waals surface area contributed by atoms with Crippen LogP contribution in [-0.2, 0) is 0 Å². The summed E-state index contributed by atoms with van der Waals surface area (Å²) in [5, 5.41) is 29.3. The summed E-state index contributed by atoms with van der Waals surface area (Å²) in [7, 11) is 0. The average molecular weight is 269 g/mol. The van der Waals surface area contributed by atoms with Gasteiger partial charge in [-0.05, 0) is 12.1 Å². The molecule has 0 radical (unpaired) electrons. The average Bonchev–Trinajstić information content (AvgIpc) is 2.43. The zero-order valence-electron chi connectivity index (χ0n) is 9.98. The lowest BCUT2D eigenvalue weighted by molar-refractivity contribution is -0.0123. The van der Waals surface area contributed by atoms with Crippen LogP contribution in [0.15, 0.2) is 18.3 Å². The van der Waals surface area contributed by atoms with Crippen LogP contribution in [0, 0.1) is 0 Å². The van der Waals surface area contributed by atoms with Crippen molar-refractivity contribution in [1.82, 2.24) is 10.3 Å². The minimum atomic E-state index is -1.33. The molecule has 0 saturated heterocycles. The molecule has 8 heteroatoms. The van der Waals surface area contributed by atoms with E-state index in [0.717, 1.165) is 6.20 Å². The summed E-state index contributed by atoms with van der Waals surface area (Å²) in [6, 6.07) is 2.66. The highest BCUT2D eigenvalue weighted by atomic mass is 16.4. The Labute approximate surface area is 108 Å². The van der Waals surface area contributed by atoms with Crippen LogP contribution >= 0.6 is 0 Å². The van der Waals surface area contributed by atoms with Crippen LogP contribution in [0.1, 0.15) is 20.8 Å². The summed E-state index contributed by atoms with van der Waals surface area (Å²) in [4.78, 5) is 26.1. The van der Waals surface area contributed by atoms with Crippen molar-refractivity contribution in [2.45, 2.75) is 12.2 Å². The summed E-state index contributed by atoms with van der Waals surface area (Å²) in [6.45, 7) is -0.845. The van der Waals surface area contributed by atoms with Crippen molar-refractivity contribution in [2.75, 3.05) is 13.2 Å². The smallest absolute Gasteiger partial charge is 0.269 e. The summed E-state index contributed by atoms with van der Waals surface area (Å²) in [5.74, 6) is -1.24. The number of nitrogens with one attached hydrogen (secondary N) is 1. The zero-order valence-corrected chi connectivity index (χ0v) is 9.98. The second-order valence-electron chi connectivity index (χ2n) is 3.82. The van der Waals surface area contributed by atoms with Gasteiger partial charge < -0.3 is 26.4 Å². The second kappa shape index (κ2) is 6.78. The number of rotatable bonds is 6. The summed E-state index contributed by atoms with van der Waals surface area (Å²) >= 11 is 0. The minimum absolute atomic E-state index is 0.0377. The number of nitrogens with zero attached hydrogens (tertiary/aromatic N) is 1. The molecule has 8 nitrogen and oxygen atoms in total. The maximum Gasteiger partial charge on any atom is 0.269 e. The zero-order chi connectivity index (χ0) is 14.4.